The van der Waals surface area contributed by atoms with Crippen molar-refractivity contribution in [3.05, 3.63) is 52.0 Å². The standard InChI is InChI=1S/C16H22N4OS/c1-12(9-20(2)10-13-6-4-3-5-7-13)18-16(21)14-11-22-15(8-17)19-14/h3-7,11-12H,8-10,17H2,1-2H3,(H,18,21). The highest BCUT2D eigenvalue weighted by Crippen LogP contribution is 2.09. The van der Waals surface area contributed by atoms with Crippen LogP contribution in [0, 0.1) is 0 Å². The van der Waals surface area contributed by atoms with Gasteiger partial charge < -0.3 is 16.0 Å². The number of aromatic nitrogens is 1. The van der Waals surface area contributed by atoms with Gasteiger partial charge in [0.2, 0.25) is 0 Å². The third-order valence-electron chi connectivity index (χ3n) is 3.22. The molecule has 1 amide bonds. The second-order valence-electron chi connectivity index (χ2n) is 5.39. The van der Waals surface area contributed by atoms with Gasteiger partial charge in [-0.2, -0.15) is 0 Å². The van der Waals surface area contributed by atoms with Crippen LogP contribution in [0.5, 0.6) is 0 Å². The lowest BCUT2D eigenvalue weighted by Crippen LogP contribution is -2.40. The topological polar surface area (TPSA) is 71.2 Å². The van der Waals surface area contributed by atoms with Crippen molar-refractivity contribution in [3.63, 3.8) is 0 Å². The minimum Gasteiger partial charge on any atom is -0.347 e. The average Bonchev–Trinajstić information content (AvgIpc) is 2.97. The zero-order chi connectivity index (χ0) is 15.9. The van der Waals surface area contributed by atoms with E-state index >= 15 is 0 Å². The number of likely N-dealkylation sites (N-methyl/N-ethyl adjacent to an activating group) is 1. The van der Waals surface area contributed by atoms with E-state index in [1.807, 2.05) is 32.2 Å². The molecule has 2 rings (SSSR count). The summed E-state index contributed by atoms with van der Waals surface area (Å²) in [6.45, 7) is 3.99. The number of carbonyl (C=O) groups excluding carboxylic acids is 1. The van der Waals surface area contributed by atoms with E-state index in [1.54, 1.807) is 5.38 Å². The van der Waals surface area contributed by atoms with Gasteiger partial charge in [0.15, 0.2) is 0 Å². The Balaban J connectivity index is 1.81. The Labute approximate surface area is 135 Å². The van der Waals surface area contributed by atoms with Gasteiger partial charge >= 0.3 is 0 Å². The van der Waals surface area contributed by atoms with Crippen molar-refractivity contribution in [1.82, 2.24) is 15.2 Å². The van der Waals surface area contributed by atoms with Crippen molar-refractivity contribution < 1.29 is 4.79 Å². The van der Waals surface area contributed by atoms with Gasteiger partial charge in [-0.1, -0.05) is 30.3 Å². The number of benzene rings is 1. The van der Waals surface area contributed by atoms with Crippen LogP contribution < -0.4 is 11.1 Å². The molecule has 6 heteroatoms. The third-order valence-corrected chi connectivity index (χ3v) is 4.09. The van der Waals surface area contributed by atoms with Crippen molar-refractivity contribution in [2.75, 3.05) is 13.6 Å². The molecular weight excluding hydrogens is 296 g/mol. The molecule has 3 N–H and O–H groups in total. The van der Waals surface area contributed by atoms with Crippen LogP contribution in [-0.4, -0.2) is 35.4 Å². The van der Waals surface area contributed by atoms with Gasteiger partial charge in [0, 0.05) is 31.1 Å². The number of hydrogen-bond acceptors (Lipinski definition) is 5. The molecule has 0 spiro atoms. The first-order valence-corrected chi connectivity index (χ1v) is 8.14. The molecule has 1 aromatic carbocycles. The number of nitrogens with one attached hydrogen (secondary N) is 1. The first kappa shape index (κ1) is 16.6. The van der Waals surface area contributed by atoms with Crippen LogP contribution in [0.3, 0.4) is 0 Å². The number of carbonyl (C=O) groups is 1. The fourth-order valence-corrected chi connectivity index (χ4v) is 2.93. The van der Waals surface area contributed by atoms with Gasteiger partial charge in [-0.05, 0) is 19.5 Å². The van der Waals surface area contributed by atoms with E-state index in [2.05, 4.69) is 27.3 Å². The number of nitrogens with zero attached hydrogens (tertiary/aromatic N) is 2. The first-order chi connectivity index (χ1) is 10.6. The highest BCUT2D eigenvalue weighted by atomic mass is 32.1. The molecule has 1 unspecified atom stereocenters. The Morgan fingerprint density at radius 3 is 2.77 bits per heavy atom. The molecule has 0 saturated carbocycles. The van der Waals surface area contributed by atoms with Crippen molar-refractivity contribution in [2.24, 2.45) is 5.73 Å². The fourth-order valence-electron chi connectivity index (χ4n) is 2.28. The molecule has 5 nitrogen and oxygen atoms in total. The summed E-state index contributed by atoms with van der Waals surface area (Å²) < 4.78 is 0. The van der Waals surface area contributed by atoms with Gasteiger partial charge in [-0.25, -0.2) is 4.98 Å². The van der Waals surface area contributed by atoms with Crippen molar-refractivity contribution in [1.29, 1.82) is 0 Å². The number of hydrogen-bond donors (Lipinski definition) is 2. The number of nitrogens with two attached hydrogens (primary N) is 1. The van der Waals surface area contributed by atoms with Gasteiger partial charge in [0.1, 0.15) is 10.7 Å². The van der Waals surface area contributed by atoms with Crippen LogP contribution >= 0.6 is 11.3 Å². The number of rotatable bonds is 7. The highest BCUT2D eigenvalue weighted by molar-refractivity contribution is 7.09. The maximum absolute atomic E-state index is 12.1. The highest BCUT2D eigenvalue weighted by Gasteiger charge is 2.14. The molecule has 1 heterocycles. The molecule has 0 fully saturated rings. The molecule has 1 aromatic heterocycles. The molecule has 0 aliphatic carbocycles. The summed E-state index contributed by atoms with van der Waals surface area (Å²) in [6, 6.07) is 10.3. The SMILES string of the molecule is CC(CN(C)Cc1ccccc1)NC(=O)c1csc(CN)n1. The second kappa shape index (κ2) is 8.03. The zero-order valence-corrected chi connectivity index (χ0v) is 13.8. The zero-order valence-electron chi connectivity index (χ0n) is 13.0. The molecule has 0 saturated heterocycles. The number of amides is 1. The summed E-state index contributed by atoms with van der Waals surface area (Å²) in [5.74, 6) is -0.142. The Bertz CT molecular complexity index is 599. The number of thiazole rings is 1. The summed E-state index contributed by atoms with van der Waals surface area (Å²) in [5, 5.41) is 5.50. The van der Waals surface area contributed by atoms with Crippen LogP contribution in [0.2, 0.25) is 0 Å². The molecule has 1 atom stereocenters. The summed E-state index contributed by atoms with van der Waals surface area (Å²) in [4.78, 5) is 18.5. The monoisotopic (exact) mass is 318 g/mol. The molecule has 0 aliphatic heterocycles. The summed E-state index contributed by atoms with van der Waals surface area (Å²) in [6.07, 6.45) is 0. The molecule has 118 valence electrons. The first-order valence-electron chi connectivity index (χ1n) is 7.26. The normalized spacial score (nSPS) is 12.4. The van der Waals surface area contributed by atoms with E-state index in [1.165, 1.54) is 16.9 Å². The van der Waals surface area contributed by atoms with E-state index in [9.17, 15) is 4.79 Å². The minimum atomic E-state index is -0.142. The Hall–Kier alpha value is -1.76. The fraction of sp³-hybridized carbons (Fsp3) is 0.375. The predicted molar refractivity (Wildman–Crippen MR) is 89.7 cm³/mol. The van der Waals surface area contributed by atoms with Gasteiger partial charge in [0.25, 0.3) is 5.91 Å². The van der Waals surface area contributed by atoms with Gasteiger partial charge in [-0.3, -0.25) is 4.79 Å². The minimum absolute atomic E-state index is 0.0456. The molecule has 0 radical (unpaired) electrons. The molecule has 2 aromatic rings. The summed E-state index contributed by atoms with van der Waals surface area (Å²) >= 11 is 1.41. The summed E-state index contributed by atoms with van der Waals surface area (Å²) in [5.41, 5.74) is 7.22. The Morgan fingerprint density at radius 2 is 2.14 bits per heavy atom. The summed E-state index contributed by atoms with van der Waals surface area (Å²) in [7, 11) is 2.05. The lowest BCUT2D eigenvalue weighted by molar-refractivity contribution is 0.0927. The predicted octanol–water partition coefficient (Wildman–Crippen LogP) is 1.85. The molecule has 22 heavy (non-hydrogen) atoms. The van der Waals surface area contributed by atoms with Crippen molar-refractivity contribution in [2.45, 2.75) is 26.1 Å². The second-order valence-corrected chi connectivity index (χ2v) is 6.33. The smallest absolute Gasteiger partial charge is 0.271 e. The van der Waals surface area contributed by atoms with E-state index in [0.29, 0.717) is 12.2 Å². The molecular formula is C16H22N4OS. The maximum atomic E-state index is 12.1. The van der Waals surface area contributed by atoms with Gasteiger partial charge in [0.05, 0.1) is 0 Å². The lowest BCUT2D eigenvalue weighted by atomic mass is 10.2. The van der Waals surface area contributed by atoms with E-state index < -0.39 is 0 Å². The Morgan fingerprint density at radius 1 is 1.41 bits per heavy atom. The van der Waals surface area contributed by atoms with E-state index in [0.717, 1.165) is 18.1 Å². The van der Waals surface area contributed by atoms with Crippen LogP contribution in [0.25, 0.3) is 0 Å². The van der Waals surface area contributed by atoms with Crippen LogP contribution in [0.1, 0.15) is 28.0 Å². The van der Waals surface area contributed by atoms with E-state index in [4.69, 9.17) is 5.73 Å². The maximum Gasteiger partial charge on any atom is 0.271 e. The molecule has 0 bridgehead atoms. The van der Waals surface area contributed by atoms with Crippen LogP contribution in [0.4, 0.5) is 0 Å². The van der Waals surface area contributed by atoms with Gasteiger partial charge in [-0.15, -0.1) is 11.3 Å². The van der Waals surface area contributed by atoms with Crippen molar-refractivity contribution >= 4 is 17.2 Å². The van der Waals surface area contributed by atoms with E-state index in [-0.39, 0.29) is 11.9 Å². The van der Waals surface area contributed by atoms with Crippen LogP contribution in [-0.2, 0) is 13.1 Å². The lowest BCUT2D eigenvalue weighted by Gasteiger charge is -2.22. The van der Waals surface area contributed by atoms with Crippen molar-refractivity contribution in [3.8, 4) is 0 Å². The van der Waals surface area contributed by atoms with Crippen LogP contribution in [0.15, 0.2) is 35.7 Å². The largest absolute Gasteiger partial charge is 0.347 e. The average molecular weight is 318 g/mol. The third kappa shape index (κ3) is 4.91. The Kier molecular flexibility index (Phi) is 6.06. The quantitative estimate of drug-likeness (QED) is 0.817. The molecule has 0 aliphatic rings.